The number of nitrogens with two attached hydrogens (primary N) is 1. The molecule has 4 rings (SSSR count). The molecule has 0 aromatic carbocycles. The van der Waals surface area contributed by atoms with Gasteiger partial charge in [-0.2, -0.15) is 0 Å². The number of aromatic amines is 1. The van der Waals surface area contributed by atoms with Crippen LogP contribution in [0, 0.1) is 0 Å². The molecule has 0 fully saturated rings. The minimum absolute atomic E-state index is 0.0488. The molecule has 1 aliphatic heterocycles. The van der Waals surface area contributed by atoms with Crippen LogP contribution in [0.4, 0.5) is 5.82 Å². The summed E-state index contributed by atoms with van der Waals surface area (Å²) in [5, 5.41) is 1.98. The second kappa shape index (κ2) is 6.18. The number of nitrogens with zero attached hydrogens (tertiary/aromatic N) is 3. The summed E-state index contributed by atoms with van der Waals surface area (Å²) in [6, 6.07) is 7.78. The highest BCUT2D eigenvalue weighted by Crippen LogP contribution is 2.23. The first-order valence-corrected chi connectivity index (χ1v) is 8.66. The van der Waals surface area contributed by atoms with E-state index in [2.05, 4.69) is 19.9 Å². The Labute approximate surface area is 143 Å². The molecule has 0 saturated heterocycles. The van der Waals surface area contributed by atoms with Crippen LogP contribution in [0.1, 0.15) is 16.8 Å². The summed E-state index contributed by atoms with van der Waals surface area (Å²) < 4.78 is 0. The van der Waals surface area contributed by atoms with Crippen LogP contribution in [0.25, 0.3) is 10.7 Å². The smallest absolute Gasteiger partial charge is 0.255 e. The Morgan fingerprint density at radius 3 is 3.04 bits per heavy atom. The molecule has 0 saturated carbocycles. The number of hydrogen-bond acceptors (Lipinski definition) is 6. The van der Waals surface area contributed by atoms with Crippen LogP contribution in [0.5, 0.6) is 0 Å². The standard InChI is InChI=1S/C17H17N5OS/c18-15-11(3-1-6-19-15)9-22-7-5-13-12(10-22)17(23)21-16(20-13)14-4-2-8-24-14/h1-4,6,8H,5,7,9-10H2,(H2,18,19)(H,20,21,23). The molecule has 0 amide bonds. The molecule has 0 unspecified atom stereocenters. The van der Waals surface area contributed by atoms with Crippen LogP contribution in [-0.2, 0) is 19.5 Å². The van der Waals surface area contributed by atoms with Gasteiger partial charge in [-0.05, 0) is 17.5 Å². The predicted molar refractivity (Wildman–Crippen MR) is 94.6 cm³/mol. The number of rotatable bonds is 3. The van der Waals surface area contributed by atoms with Gasteiger partial charge in [-0.3, -0.25) is 9.69 Å². The topological polar surface area (TPSA) is 87.9 Å². The summed E-state index contributed by atoms with van der Waals surface area (Å²) in [6.45, 7) is 2.11. The molecule has 24 heavy (non-hydrogen) atoms. The van der Waals surface area contributed by atoms with E-state index >= 15 is 0 Å². The summed E-state index contributed by atoms with van der Waals surface area (Å²) >= 11 is 1.58. The Kier molecular flexibility index (Phi) is 3.87. The van der Waals surface area contributed by atoms with Crippen molar-refractivity contribution in [3.63, 3.8) is 0 Å². The minimum atomic E-state index is -0.0488. The van der Waals surface area contributed by atoms with Gasteiger partial charge >= 0.3 is 0 Å². The average molecular weight is 339 g/mol. The summed E-state index contributed by atoms with van der Waals surface area (Å²) in [7, 11) is 0. The van der Waals surface area contributed by atoms with Gasteiger partial charge in [0, 0.05) is 37.8 Å². The van der Waals surface area contributed by atoms with E-state index in [1.54, 1.807) is 17.5 Å². The molecule has 3 N–H and O–H groups in total. The molecule has 3 aromatic heterocycles. The molecule has 0 aliphatic carbocycles. The van der Waals surface area contributed by atoms with Crippen LogP contribution < -0.4 is 11.3 Å². The lowest BCUT2D eigenvalue weighted by Gasteiger charge is -2.27. The number of hydrogen-bond donors (Lipinski definition) is 2. The lowest BCUT2D eigenvalue weighted by molar-refractivity contribution is 0.242. The van der Waals surface area contributed by atoms with Crippen LogP contribution in [-0.4, -0.2) is 26.4 Å². The first kappa shape index (κ1) is 15.0. The van der Waals surface area contributed by atoms with E-state index in [-0.39, 0.29) is 5.56 Å². The molecule has 4 heterocycles. The molecule has 0 bridgehead atoms. The van der Waals surface area contributed by atoms with Gasteiger partial charge in [0.2, 0.25) is 0 Å². The Morgan fingerprint density at radius 2 is 2.25 bits per heavy atom. The number of pyridine rings is 1. The molecule has 0 atom stereocenters. The third kappa shape index (κ3) is 2.83. The van der Waals surface area contributed by atoms with Crippen molar-refractivity contribution in [1.29, 1.82) is 0 Å². The first-order chi connectivity index (χ1) is 11.7. The van der Waals surface area contributed by atoms with Crippen molar-refractivity contribution in [2.45, 2.75) is 19.5 Å². The predicted octanol–water partition coefficient (Wildman–Crippen LogP) is 2.03. The number of H-pyrrole nitrogens is 1. The molecule has 0 spiro atoms. The lowest BCUT2D eigenvalue weighted by Crippen LogP contribution is -2.35. The molecule has 122 valence electrons. The third-order valence-electron chi connectivity index (χ3n) is 4.22. The second-order valence-corrected chi connectivity index (χ2v) is 6.77. The highest BCUT2D eigenvalue weighted by Gasteiger charge is 2.22. The van der Waals surface area contributed by atoms with Gasteiger partial charge in [0.05, 0.1) is 16.1 Å². The van der Waals surface area contributed by atoms with Crippen LogP contribution in [0.15, 0.2) is 40.6 Å². The zero-order valence-corrected chi connectivity index (χ0v) is 13.8. The van der Waals surface area contributed by atoms with Crippen molar-refractivity contribution >= 4 is 17.2 Å². The van der Waals surface area contributed by atoms with Gasteiger partial charge in [-0.25, -0.2) is 9.97 Å². The molecule has 1 aliphatic rings. The van der Waals surface area contributed by atoms with Crippen LogP contribution in [0.2, 0.25) is 0 Å². The Hall–Kier alpha value is -2.51. The minimum Gasteiger partial charge on any atom is -0.383 e. The second-order valence-electron chi connectivity index (χ2n) is 5.83. The van der Waals surface area contributed by atoms with Crippen molar-refractivity contribution in [2.75, 3.05) is 12.3 Å². The third-order valence-corrected chi connectivity index (χ3v) is 5.10. The van der Waals surface area contributed by atoms with Crippen molar-refractivity contribution in [2.24, 2.45) is 0 Å². The number of anilines is 1. The fraction of sp³-hybridized carbons (Fsp3) is 0.235. The van der Waals surface area contributed by atoms with Crippen molar-refractivity contribution in [3.8, 4) is 10.7 Å². The van der Waals surface area contributed by atoms with Gasteiger partial charge in [-0.15, -0.1) is 11.3 Å². The summed E-state index contributed by atoms with van der Waals surface area (Å²) in [6.07, 6.45) is 2.45. The zero-order chi connectivity index (χ0) is 16.5. The lowest BCUT2D eigenvalue weighted by atomic mass is 10.1. The van der Waals surface area contributed by atoms with E-state index in [0.29, 0.717) is 24.7 Å². The molecule has 3 aromatic rings. The fourth-order valence-electron chi connectivity index (χ4n) is 2.97. The Balaban J connectivity index is 1.60. The van der Waals surface area contributed by atoms with Gasteiger partial charge < -0.3 is 10.7 Å². The number of nitrogens with one attached hydrogen (secondary N) is 1. The summed E-state index contributed by atoms with van der Waals surface area (Å²) in [4.78, 5) is 27.4. The SMILES string of the molecule is Nc1ncccc1CN1CCc2nc(-c3cccs3)[nH]c(=O)c2C1. The maximum atomic E-state index is 12.5. The monoisotopic (exact) mass is 339 g/mol. The van der Waals surface area contributed by atoms with Crippen LogP contribution in [0.3, 0.4) is 0 Å². The highest BCUT2D eigenvalue weighted by molar-refractivity contribution is 7.13. The maximum Gasteiger partial charge on any atom is 0.255 e. The fourth-order valence-corrected chi connectivity index (χ4v) is 3.64. The van der Waals surface area contributed by atoms with E-state index in [1.807, 2.05) is 29.6 Å². The van der Waals surface area contributed by atoms with Crippen molar-refractivity contribution in [3.05, 3.63) is 63.0 Å². The van der Waals surface area contributed by atoms with E-state index < -0.39 is 0 Å². The van der Waals surface area contributed by atoms with Crippen LogP contribution >= 0.6 is 11.3 Å². The quantitative estimate of drug-likeness (QED) is 0.762. The number of aromatic nitrogens is 3. The largest absolute Gasteiger partial charge is 0.383 e. The summed E-state index contributed by atoms with van der Waals surface area (Å²) in [5.41, 5.74) is 8.51. The van der Waals surface area contributed by atoms with Crippen molar-refractivity contribution in [1.82, 2.24) is 19.9 Å². The number of nitrogen functional groups attached to an aromatic ring is 1. The molecule has 0 radical (unpaired) electrons. The highest BCUT2D eigenvalue weighted by atomic mass is 32.1. The first-order valence-electron chi connectivity index (χ1n) is 7.78. The number of thiophene rings is 1. The van der Waals surface area contributed by atoms with Gasteiger partial charge in [0.25, 0.3) is 5.56 Å². The van der Waals surface area contributed by atoms with Gasteiger partial charge in [0.1, 0.15) is 5.82 Å². The van der Waals surface area contributed by atoms with E-state index in [0.717, 1.165) is 34.7 Å². The Bertz CT molecular complexity index is 919. The van der Waals surface area contributed by atoms with E-state index in [4.69, 9.17) is 5.73 Å². The van der Waals surface area contributed by atoms with Gasteiger partial charge in [0.15, 0.2) is 5.82 Å². The summed E-state index contributed by atoms with van der Waals surface area (Å²) in [5.74, 6) is 1.21. The molecular formula is C17H17N5OS. The molecule has 7 heteroatoms. The average Bonchev–Trinajstić information content (AvgIpc) is 3.12. The molecule has 6 nitrogen and oxygen atoms in total. The molecular weight excluding hydrogens is 322 g/mol. The Morgan fingerprint density at radius 1 is 1.33 bits per heavy atom. The van der Waals surface area contributed by atoms with E-state index in [1.165, 1.54) is 0 Å². The van der Waals surface area contributed by atoms with Gasteiger partial charge in [-0.1, -0.05) is 12.1 Å². The zero-order valence-electron chi connectivity index (χ0n) is 13.0. The van der Waals surface area contributed by atoms with Crippen molar-refractivity contribution < 1.29 is 0 Å². The number of fused-ring (bicyclic) bond motifs is 1. The normalized spacial score (nSPS) is 14.5. The van der Waals surface area contributed by atoms with E-state index in [9.17, 15) is 4.79 Å². The maximum absolute atomic E-state index is 12.5.